The van der Waals surface area contributed by atoms with Gasteiger partial charge in [0, 0.05) is 23.6 Å². The normalized spacial score (nSPS) is 20.7. The molecule has 4 nitrogen and oxygen atoms in total. The van der Waals surface area contributed by atoms with Crippen LogP contribution in [0.4, 0.5) is 5.82 Å². The Morgan fingerprint density at radius 3 is 3.11 bits per heavy atom. The van der Waals surface area contributed by atoms with Crippen molar-refractivity contribution in [3.05, 3.63) is 22.8 Å². The van der Waals surface area contributed by atoms with Gasteiger partial charge in [0.15, 0.2) is 0 Å². The van der Waals surface area contributed by atoms with E-state index >= 15 is 0 Å². The molecule has 1 atom stereocenters. The highest BCUT2D eigenvalue weighted by Gasteiger charge is 2.20. The van der Waals surface area contributed by atoms with E-state index in [1.165, 1.54) is 6.42 Å². The largest absolute Gasteiger partial charge is 0.311 e. The first-order valence-corrected chi connectivity index (χ1v) is 7.03. The molecule has 0 radical (unpaired) electrons. The standard InChI is InChI=1S/C13H18BrN3O/c1-17-6-2-3-10(9-17)7-13(18)16-12-5-4-11(14)8-15-12/h4-5,8,10H,2-3,6-7,9H2,1H3,(H,15,16,18). The van der Waals surface area contributed by atoms with E-state index in [0.717, 1.165) is 24.0 Å². The number of carbonyl (C=O) groups is 1. The van der Waals surface area contributed by atoms with E-state index in [2.05, 4.69) is 38.2 Å². The lowest BCUT2D eigenvalue weighted by Gasteiger charge is -2.29. The van der Waals surface area contributed by atoms with Crippen LogP contribution in [0, 0.1) is 5.92 Å². The van der Waals surface area contributed by atoms with Gasteiger partial charge in [0.1, 0.15) is 5.82 Å². The lowest BCUT2D eigenvalue weighted by molar-refractivity contribution is -0.117. The van der Waals surface area contributed by atoms with Gasteiger partial charge < -0.3 is 10.2 Å². The number of pyridine rings is 1. The van der Waals surface area contributed by atoms with Crippen LogP contribution in [0.15, 0.2) is 22.8 Å². The van der Waals surface area contributed by atoms with Gasteiger partial charge in [-0.1, -0.05) is 0 Å². The Bertz CT molecular complexity index is 407. The van der Waals surface area contributed by atoms with Crippen molar-refractivity contribution in [1.82, 2.24) is 9.88 Å². The Hall–Kier alpha value is -0.940. The highest BCUT2D eigenvalue weighted by atomic mass is 79.9. The van der Waals surface area contributed by atoms with Gasteiger partial charge in [-0.25, -0.2) is 4.98 Å². The van der Waals surface area contributed by atoms with Crippen LogP contribution in [0.1, 0.15) is 19.3 Å². The van der Waals surface area contributed by atoms with Gasteiger partial charge in [0.25, 0.3) is 0 Å². The zero-order valence-electron chi connectivity index (χ0n) is 10.5. The summed E-state index contributed by atoms with van der Waals surface area (Å²) in [6, 6.07) is 3.67. The molecule has 1 saturated heterocycles. The summed E-state index contributed by atoms with van der Waals surface area (Å²) in [7, 11) is 2.11. The monoisotopic (exact) mass is 311 g/mol. The smallest absolute Gasteiger partial charge is 0.225 e. The molecule has 0 aliphatic carbocycles. The topological polar surface area (TPSA) is 45.2 Å². The van der Waals surface area contributed by atoms with Gasteiger partial charge in [0.2, 0.25) is 5.91 Å². The summed E-state index contributed by atoms with van der Waals surface area (Å²) in [5.74, 6) is 1.15. The molecule has 0 aromatic carbocycles. The van der Waals surface area contributed by atoms with Crippen LogP contribution in [-0.2, 0) is 4.79 Å². The number of carbonyl (C=O) groups excluding carboxylic acids is 1. The third-order valence-corrected chi connectivity index (χ3v) is 3.66. The highest BCUT2D eigenvalue weighted by molar-refractivity contribution is 9.10. The summed E-state index contributed by atoms with van der Waals surface area (Å²) < 4.78 is 0.911. The van der Waals surface area contributed by atoms with E-state index in [1.807, 2.05) is 6.07 Å². The Kier molecular flexibility index (Phi) is 4.72. The van der Waals surface area contributed by atoms with Crippen LogP contribution >= 0.6 is 15.9 Å². The van der Waals surface area contributed by atoms with Crippen LogP contribution in [0.25, 0.3) is 0 Å². The number of halogens is 1. The fourth-order valence-corrected chi connectivity index (χ4v) is 2.58. The predicted octanol–water partition coefficient (Wildman–Crippen LogP) is 2.51. The molecule has 0 bridgehead atoms. The zero-order valence-corrected chi connectivity index (χ0v) is 12.1. The summed E-state index contributed by atoms with van der Waals surface area (Å²) in [5.41, 5.74) is 0. The number of nitrogens with zero attached hydrogens (tertiary/aromatic N) is 2. The summed E-state index contributed by atoms with van der Waals surface area (Å²) in [6.07, 6.45) is 4.60. The minimum Gasteiger partial charge on any atom is -0.311 e. The number of likely N-dealkylation sites (tertiary alicyclic amines) is 1. The molecular weight excluding hydrogens is 294 g/mol. The molecule has 5 heteroatoms. The Labute approximate surface area is 116 Å². The Balaban J connectivity index is 1.83. The van der Waals surface area contributed by atoms with Gasteiger partial charge in [-0.15, -0.1) is 0 Å². The number of hydrogen-bond donors (Lipinski definition) is 1. The van der Waals surface area contributed by atoms with Gasteiger partial charge in [-0.3, -0.25) is 4.79 Å². The van der Waals surface area contributed by atoms with Crippen LogP contribution in [0.3, 0.4) is 0 Å². The van der Waals surface area contributed by atoms with E-state index in [-0.39, 0.29) is 5.91 Å². The number of aromatic nitrogens is 1. The third kappa shape index (κ3) is 4.07. The van der Waals surface area contributed by atoms with Crippen LogP contribution in [-0.4, -0.2) is 35.9 Å². The highest BCUT2D eigenvalue weighted by Crippen LogP contribution is 2.19. The van der Waals surface area contributed by atoms with Crippen molar-refractivity contribution in [2.24, 2.45) is 5.92 Å². The predicted molar refractivity (Wildman–Crippen MR) is 75.4 cm³/mol. The lowest BCUT2D eigenvalue weighted by atomic mass is 9.95. The van der Waals surface area contributed by atoms with Gasteiger partial charge >= 0.3 is 0 Å². The van der Waals surface area contributed by atoms with E-state index in [0.29, 0.717) is 18.2 Å². The number of nitrogens with one attached hydrogen (secondary N) is 1. The third-order valence-electron chi connectivity index (χ3n) is 3.19. The second kappa shape index (κ2) is 6.29. The second-order valence-corrected chi connectivity index (χ2v) is 5.80. The van der Waals surface area contributed by atoms with Crippen molar-refractivity contribution in [3.8, 4) is 0 Å². The molecule has 1 aliphatic rings. The van der Waals surface area contributed by atoms with Crippen molar-refractivity contribution < 1.29 is 4.79 Å². The molecule has 1 fully saturated rings. The molecule has 2 heterocycles. The number of anilines is 1. The molecular formula is C13H18BrN3O. The first kappa shape index (κ1) is 13.5. The summed E-state index contributed by atoms with van der Waals surface area (Å²) in [4.78, 5) is 18.3. The summed E-state index contributed by atoms with van der Waals surface area (Å²) >= 11 is 3.32. The first-order chi connectivity index (χ1) is 8.63. The number of hydrogen-bond acceptors (Lipinski definition) is 3. The number of piperidine rings is 1. The van der Waals surface area contributed by atoms with E-state index in [1.54, 1.807) is 12.3 Å². The average Bonchev–Trinajstić information content (AvgIpc) is 2.32. The van der Waals surface area contributed by atoms with Crippen LogP contribution in [0.2, 0.25) is 0 Å². The maximum atomic E-state index is 11.9. The minimum atomic E-state index is 0.0603. The first-order valence-electron chi connectivity index (χ1n) is 6.23. The second-order valence-electron chi connectivity index (χ2n) is 4.88. The van der Waals surface area contributed by atoms with Crippen molar-refractivity contribution in [2.75, 3.05) is 25.5 Å². The molecule has 1 unspecified atom stereocenters. The fraction of sp³-hybridized carbons (Fsp3) is 0.538. The minimum absolute atomic E-state index is 0.0603. The maximum Gasteiger partial charge on any atom is 0.225 e. The fourth-order valence-electron chi connectivity index (χ4n) is 2.35. The van der Waals surface area contributed by atoms with Crippen molar-refractivity contribution in [2.45, 2.75) is 19.3 Å². The average molecular weight is 312 g/mol. The van der Waals surface area contributed by atoms with E-state index in [4.69, 9.17) is 0 Å². The van der Waals surface area contributed by atoms with Crippen LogP contribution in [0.5, 0.6) is 0 Å². The summed E-state index contributed by atoms with van der Waals surface area (Å²) in [6.45, 7) is 2.16. The molecule has 98 valence electrons. The molecule has 1 N–H and O–H groups in total. The maximum absolute atomic E-state index is 11.9. The molecule has 1 aromatic rings. The molecule has 18 heavy (non-hydrogen) atoms. The molecule has 0 spiro atoms. The molecule has 1 amide bonds. The summed E-state index contributed by atoms with van der Waals surface area (Å²) in [5, 5.41) is 2.84. The molecule has 1 aliphatic heterocycles. The quantitative estimate of drug-likeness (QED) is 0.933. The number of rotatable bonds is 3. The van der Waals surface area contributed by atoms with Crippen LogP contribution < -0.4 is 5.32 Å². The van der Waals surface area contributed by atoms with E-state index < -0.39 is 0 Å². The Morgan fingerprint density at radius 2 is 2.44 bits per heavy atom. The molecule has 0 saturated carbocycles. The van der Waals surface area contributed by atoms with Gasteiger partial charge in [0.05, 0.1) is 0 Å². The SMILES string of the molecule is CN1CCCC(CC(=O)Nc2ccc(Br)cn2)C1. The van der Waals surface area contributed by atoms with Crippen molar-refractivity contribution in [3.63, 3.8) is 0 Å². The molecule has 1 aromatic heterocycles. The van der Waals surface area contributed by atoms with Crippen molar-refractivity contribution >= 4 is 27.7 Å². The zero-order chi connectivity index (χ0) is 13.0. The van der Waals surface area contributed by atoms with E-state index in [9.17, 15) is 4.79 Å². The van der Waals surface area contributed by atoms with Crippen molar-refractivity contribution in [1.29, 1.82) is 0 Å². The lowest BCUT2D eigenvalue weighted by Crippen LogP contribution is -2.34. The number of amides is 1. The van der Waals surface area contributed by atoms with Gasteiger partial charge in [-0.05, 0) is 60.4 Å². The van der Waals surface area contributed by atoms with Gasteiger partial charge in [-0.2, -0.15) is 0 Å². The molecule has 2 rings (SSSR count). The Morgan fingerprint density at radius 1 is 1.61 bits per heavy atom.